The Kier molecular flexibility index (Phi) is 6.66. The average molecular weight is 383 g/mol. The second-order valence-electron chi connectivity index (χ2n) is 6.88. The topological polar surface area (TPSA) is 73.9 Å². The van der Waals surface area contributed by atoms with E-state index in [4.69, 9.17) is 14.2 Å². The van der Waals surface area contributed by atoms with Gasteiger partial charge in [0.15, 0.2) is 6.10 Å². The van der Waals surface area contributed by atoms with Crippen molar-refractivity contribution in [3.63, 3.8) is 0 Å². The summed E-state index contributed by atoms with van der Waals surface area (Å²) in [6, 6.07) is 14.1. The average Bonchev–Trinajstić information content (AvgIpc) is 3.20. The highest BCUT2D eigenvalue weighted by atomic mass is 16.5. The number of amides is 1. The van der Waals surface area contributed by atoms with E-state index in [-0.39, 0.29) is 12.0 Å². The highest BCUT2D eigenvalue weighted by Crippen LogP contribution is 2.17. The fraction of sp³-hybridized carbons (Fsp3) is 0.364. The van der Waals surface area contributed by atoms with Crippen molar-refractivity contribution in [2.75, 3.05) is 18.5 Å². The first-order valence-corrected chi connectivity index (χ1v) is 9.44. The fourth-order valence-corrected chi connectivity index (χ4v) is 2.90. The molecule has 2 atom stereocenters. The third-order valence-corrected chi connectivity index (χ3v) is 4.49. The minimum Gasteiger partial charge on any atom is -0.491 e. The first kappa shape index (κ1) is 19.9. The number of esters is 1. The lowest BCUT2D eigenvalue weighted by molar-refractivity contribution is -0.123. The fourth-order valence-electron chi connectivity index (χ4n) is 2.90. The first-order valence-electron chi connectivity index (χ1n) is 9.44. The summed E-state index contributed by atoms with van der Waals surface area (Å²) in [6.45, 7) is 4.77. The van der Waals surface area contributed by atoms with Gasteiger partial charge in [0, 0.05) is 12.3 Å². The monoisotopic (exact) mass is 383 g/mol. The Balaban J connectivity index is 1.49. The number of nitrogens with one attached hydrogen (secondary N) is 1. The van der Waals surface area contributed by atoms with E-state index >= 15 is 0 Å². The van der Waals surface area contributed by atoms with Gasteiger partial charge in [0.05, 0.1) is 11.7 Å². The number of carbonyl (C=O) groups excluding carboxylic acids is 2. The predicted octanol–water partition coefficient (Wildman–Crippen LogP) is 3.74. The van der Waals surface area contributed by atoms with Gasteiger partial charge >= 0.3 is 5.97 Å². The molecule has 0 aliphatic carbocycles. The second-order valence-corrected chi connectivity index (χ2v) is 6.88. The van der Waals surface area contributed by atoms with E-state index in [0.29, 0.717) is 23.6 Å². The van der Waals surface area contributed by atoms with E-state index in [1.54, 1.807) is 37.3 Å². The summed E-state index contributed by atoms with van der Waals surface area (Å²) in [5.74, 6) is -0.273. The Morgan fingerprint density at radius 2 is 2.00 bits per heavy atom. The van der Waals surface area contributed by atoms with E-state index in [0.717, 1.165) is 25.0 Å². The Labute approximate surface area is 164 Å². The van der Waals surface area contributed by atoms with Crippen LogP contribution in [0.3, 0.4) is 0 Å². The number of anilines is 1. The van der Waals surface area contributed by atoms with Crippen LogP contribution in [0.2, 0.25) is 0 Å². The Bertz CT molecular complexity index is 812. The molecule has 2 unspecified atom stereocenters. The lowest BCUT2D eigenvalue weighted by Crippen LogP contribution is -2.30. The molecule has 1 aliphatic rings. The number of hydrogen-bond donors (Lipinski definition) is 1. The van der Waals surface area contributed by atoms with Crippen LogP contribution in [-0.2, 0) is 14.3 Å². The van der Waals surface area contributed by atoms with Gasteiger partial charge in [-0.05, 0) is 68.7 Å². The summed E-state index contributed by atoms with van der Waals surface area (Å²) in [4.78, 5) is 24.5. The molecule has 1 amide bonds. The molecule has 1 aliphatic heterocycles. The number of carbonyl (C=O) groups is 2. The minimum atomic E-state index is -0.913. The van der Waals surface area contributed by atoms with E-state index in [1.807, 2.05) is 25.1 Å². The van der Waals surface area contributed by atoms with Crippen molar-refractivity contribution in [3.05, 3.63) is 59.7 Å². The Morgan fingerprint density at radius 1 is 1.21 bits per heavy atom. The molecule has 1 heterocycles. The molecule has 2 aromatic carbocycles. The molecule has 148 valence electrons. The second kappa shape index (κ2) is 9.37. The highest BCUT2D eigenvalue weighted by molar-refractivity contribution is 5.97. The largest absolute Gasteiger partial charge is 0.491 e. The van der Waals surface area contributed by atoms with Crippen molar-refractivity contribution in [3.8, 4) is 5.75 Å². The molecule has 0 radical (unpaired) electrons. The molecule has 3 rings (SSSR count). The van der Waals surface area contributed by atoms with Crippen LogP contribution in [0.1, 0.15) is 35.7 Å². The Hall–Kier alpha value is -2.86. The van der Waals surface area contributed by atoms with Crippen LogP contribution in [0.5, 0.6) is 5.75 Å². The maximum absolute atomic E-state index is 12.3. The summed E-state index contributed by atoms with van der Waals surface area (Å²) < 4.78 is 16.5. The first-order chi connectivity index (χ1) is 13.5. The van der Waals surface area contributed by atoms with Crippen LogP contribution in [0, 0.1) is 6.92 Å². The zero-order valence-electron chi connectivity index (χ0n) is 16.1. The lowest BCUT2D eigenvalue weighted by atomic mass is 10.2. The normalized spacial score (nSPS) is 17.0. The maximum atomic E-state index is 12.3. The zero-order valence-corrected chi connectivity index (χ0v) is 16.1. The summed E-state index contributed by atoms with van der Waals surface area (Å²) in [6.07, 6.45) is 1.29. The third-order valence-electron chi connectivity index (χ3n) is 4.49. The number of aryl methyl sites for hydroxylation is 1. The third kappa shape index (κ3) is 5.57. The molecule has 0 spiro atoms. The summed E-state index contributed by atoms with van der Waals surface area (Å²) in [7, 11) is 0. The Morgan fingerprint density at radius 3 is 2.68 bits per heavy atom. The molecule has 1 saturated heterocycles. The van der Waals surface area contributed by atoms with Crippen molar-refractivity contribution in [1.29, 1.82) is 0 Å². The van der Waals surface area contributed by atoms with Crippen LogP contribution in [0.15, 0.2) is 48.5 Å². The van der Waals surface area contributed by atoms with Crippen molar-refractivity contribution in [1.82, 2.24) is 0 Å². The minimum absolute atomic E-state index is 0.136. The van der Waals surface area contributed by atoms with Crippen LogP contribution in [0.4, 0.5) is 5.69 Å². The van der Waals surface area contributed by atoms with Gasteiger partial charge in [-0.3, -0.25) is 4.79 Å². The van der Waals surface area contributed by atoms with E-state index in [9.17, 15) is 9.59 Å². The van der Waals surface area contributed by atoms with Crippen molar-refractivity contribution in [2.24, 2.45) is 0 Å². The predicted molar refractivity (Wildman–Crippen MR) is 106 cm³/mol. The number of benzene rings is 2. The SMILES string of the molecule is Cc1cccc(NC(=O)C(C)OC(=O)c2ccc(OCC3CCCO3)cc2)c1. The molecule has 6 nitrogen and oxygen atoms in total. The van der Waals surface area contributed by atoms with Crippen LogP contribution >= 0.6 is 0 Å². The molecular formula is C22H25NO5. The molecule has 28 heavy (non-hydrogen) atoms. The van der Waals surface area contributed by atoms with E-state index < -0.39 is 12.1 Å². The van der Waals surface area contributed by atoms with Crippen LogP contribution in [0.25, 0.3) is 0 Å². The van der Waals surface area contributed by atoms with Gasteiger partial charge in [0.1, 0.15) is 12.4 Å². The van der Waals surface area contributed by atoms with Gasteiger partial charge in [0.2, 0.25) is 0 Å². The molecule has 1 N–H and O–H groups in total. The van der Waals surface area contributed by atoms with Gasteiger partial charge in [-0.25, -0.2) is 4.79 Å². The van der Waals surface area contributed by atoms with E-state index in [2.05, 4.69) is 5.32 Å². The van der Waals surface area contributed by atoms with Crippen molar-refractivity contribution in [2.45, 2.75) is 38.9 Å². The van der Waals surface area contributed by atoms with Gasteiger partial charge < -0.3 is 19.5 Å². The zero-order chi connectivity index (χ0) is 19.9. The van der Waals surface area contributed by atoms with Gasteiger partial charge in [0.25, 0.3) is 5.91 Å². The van der Waals surface area contributed by atoms with Gasteiger partial charge in [-0.15, -0.1) is 0 Å². The number of rotatable bonds is 7. The van der Waals surface area contributed by atoms with E-state index in [1.165, 1.54) is 0 Å². The summed E-state index contributed by atoms with van der Waals surface area (Å²) >= 11 is 0. The molecule has 0 saturated carbocycles. The quantitative estimate of drug-likeness (QED) is 0.738. The molecule has 2 aromatic rings. The van der Waals surface area contributed by atoms with Gasteiger partial charge in [-0.2, -0.15) is 0 Å². The highest BCUT2D eigenvalue weighted by Gasteiger charge is 2.20. The summed E-state index contributed by atoms with van der Waals surface area (Å²) in [5, 5.41) is 2.74. The van der Waals surface area contributed by atoms with Crippen molar-refractivity contribution < 1.29 is 23.8 Å². The molecule has 6 heteroatoms. The van der Waals surface area contributed by atoms with Crippen LogP contribution < -0.4 is 10.1 Å². The molecule has 1 fully saturated rings. The van der Waals surface area contributed by atoms with Crippen molar-refractivity contribution >= 4 is 17.6 Å². The van der Waals surface area contributed by atoms with Gasteiger partial charge in [-0.1, -0.05) is 12.1 Å². The maximum Gasteiger partial charge on any atom is 0.338 e. The molecule has 0 bridgehead atoms. The molecule has 0 aromatic heterocycles. The molecular weight excluding hydrogens is 358 g/mol. The standard InChI is InChI=1S/C22H25NO5/c1-15-5-3-6-18(13-15)23-21(24)16(2)28-22(25)17-8-10-19(11-9-17)27-14-20-7-4-12-26-20/h3,5-6,8-11,13,16,20H,4,7,12,14H2,1-2H3,(H,23,24). The lowest BCUT2D eigenvalue weighted by Gasteiger charge is -2.14. The van der Waals surface area contributed by atoms with Crippen LogP contribution in [-0.4, -0.2) is 37.3 Å². The smallest absolute Gasteiger partial charge is 0.338 e. The number of ether oxygens (including phenoxy) is 3. The number of hydrogen-bond acceptors (Lipinski definition) is 5. The summed E-state index contributed by atoms with van der Waals surface area (Å²) in [5.41, 5.74) is 2.06.